The fourth-order valence-electron chi connectivity index (χ4n) is 2.71. The summed E-state index contributed by atoms with van der Waals surface area (Å²) in [6, 6.07) is 4.73. The first-order chi connectivity index (χ1) is 10.0. The third-order valence-electron chi connectivity index (χ3n) is 3.96. The predicted molar refractivity (Wildman–Crippen MR) is 78.2 cm³/mol. The number of methoxy groups -OCH3 is 1. The lowest BCUT2D eigenvalue weighted by atomic mass is 9.98. The van der Waals surface area contributed by atoms with Crippen LogP contribution in [0.5, 0.6) is 5.75 Å². The first-order valence-electron chi connectivity index (χ1n) is 7.20. The van der Waals surface area contributed by atoms with Crippen molar-refractivity contribution in [3.63, 3.8) is 0 Å². The zero-order valence-corrected chi connectivity index (χ0v) is 12.5. The molecule has 1 aliphatic heterocycles. The number of carbonyl (C=O) groups excluding carboxylic acids is 2. The summed E-state index contributed by atoms with van der Waals surface area (Å²) in [6.07, 6.45) is 3.01. The summed E-state index contributed by atoms with van der Waals surface area (Å²) in [4.78, 5) is 25.9. The number of benzene rings is 1. The van der Waals surface area contributed by atoms with E-state index in [9.17, 15) is 14.7 Å². The van der Waals surface area contributed by atoms with Crippen LogP contribution in [-0.4, -0.2) is 41.6 Å². The molecule has 114 valence electrons. The number of nitrogens with zero attached hydrogens (tertiary/aromatic N) is 1. The van der Waals surface area contributed by atoms with Gasteiger partial charge in [-0.05, 0) is 49.9 Å². The Bertz CT molecular complexity index is 541. The van der Waals surface area contributed by atoms with Gasteiger partial charge in [-0.3, -0.25) is 9.59 Å². The van der Waals surface area contributed by atoms with E-state index in [4.69, 9.17) is 4.74 Å². The average molecular weight is 291 g/mol. The second kappa shape index (κ2) is 6.61. The van der Waals surface area contributed by atoms with Crippen molar-refractivity contribution >= 4 is 11.9 Å². The highest BCUT2D eigenvalue weighted by atomic mass is 16.5. The monoisotopic (exact) mass is 291 g/mol. The van der Waals surface area contributed by atoms with E-state index in [1.54, 1.807) is 24.0 Å². The molecule has 0 saturated carbocycles. The first kappa shape index (κ1) is 15.4. The number of hydrogen-bond acceptors (Lipinski definition) is 4. The molecule has 1 atom stereocenters. The van der Waals surface area contributed by atoms with E-state index in [2.05, 4.69) is 0 Å². The van der Waals surface area contributed by atoms with Gasteiger partial charge < -0.3 is 14.7 Å². The Morgan fingerprint density at radius 2 is 2.14 bits per heavy atom. The zero-order valence-electron chi connectivity index (χ0n) is 12.5. The maximum absolute atomic E-state index is 12.6. The number of rotatable bonds is 3. The largest absolute Gasteiger partial charge is 0.508 e. The molecular weight excluding hydrogens is 270 g/mol. The summed E-state index contributed by atoms with van der Waals surface area (Å²) in [6.45, 7) is 2.41. The van der Waals surface area contributed by atoms with Gasteiger partial charge in [0.05, 0.1) is 13.5 Å². The maximum Gasteiger partial charge on any atom is 0.307 e. The number of piperidine rings is 1. The summed E-state index contributed by atoms with van der Waals surface area (Å²) < 4.78 is 4.71. The number of likely N-dealkylation sites (tertiary alicyclic amines) is 1. The molecule has 1 heterocycles. The number of hydrogen-bond donors (Lipinski definition) is 1. The molecule has 1 fully saturated rings. The van der Waals surface area contributed by atoms with Crippen molar-refractivity contribution < 1.29 is 19.4 Å². The van der Waals surface area contributed by atoms with Gasteiger partial charge in [0.2, 0.25) is 0 Å². The molecule has 1 aromatic rings. The summed E-state index contributed by atoms with van der Waals surface area (Å²) in [5, 5.41) is 9.55. The molecule has 0 radical (unpaired) electrons. The second-order valence-electron chi connectivity index (χ2n) is 5.43. The van der Waals surface area contributed by atoms with Crippen LogP contribution in [0, 0.1) is 6.92 Å². The molecule has 5 heteroatoms. The van der Waals surface area contributed by atoms with Gasteiger partial charge in [-0.1, -0.05) is 0 Å². The van der Waals surface area contributed by atoms with Gasteiger partial charge in [-0.2, -0.15) is 0 Å². The van der Waals surface area contributed by atoms with Crippen LogP contribution >= 0.6 is 0 Å². The molecule has 1 saturated heterocycles. The standard InChI is InChI=1S/C16H21NO4/c1-11-9-12(6-7-14(11)18)16(20)17-8-4-3-5-13(17)10-15(19)21-2/h6-7,9,13,18H,3-5,8,10H2,1-2H3. The lowest BCUT2D eigenvalue weighted by molar-refractivity contribution is -0.142. The van der Waals surface area contributed by atoms with Crippen LogP contribution in [0.3, 0.4) is 0 Å². The number of aryl methyl sites for hydroxylation is 1. The van der Waals surface area contributed by atoms with Crippen molar-refractivity contribution in [2.45, 2.75) is 38.6 Å². The number of ether oxygens (including phenoxy) is 1. The van der Waals surface area contributed by atoms with E-state index in [1.165, 1.54) is 13.2 Å². The topological polar surface area (TPSA) is 66.8 Å². The molecule has 1 aliphatic rings. The fraction of sp³-hybridized carbons (Fsp3) is 0.500. The molecule has 2 rings (SSSR count). The van der Waals surface area contributed by atoms with E-state index in [0.717, 1.165) is 19.3 Å². The fourth-order valence-corrected chi connectivity index (χ4v) is 2.71. The number of carbonyl (C=O) groups is 2. The number of phenolic OH excluding ortho intramolecular Hbond substituents is 1. The molecule has 21 heavy (non-hydrogen) atoms. The number of esters is 1. The Morgan fingerprint density at radius 3 is 2.81 bits per heavy atom. The Kier molecular flexibility index (Phi) is 4.83. The molecule has 5 nitrogen and oxygen atoms in total. The molecule has 1 N–H and O–H groups in total. The lowest BCUT2D eigenvalue weighted by Gasteiger charge is -2.35. The molecule has 0 bridgehead atoms. The van der Waals surface area contributed by atoms with Crippen LogP contribution in [0.15, 0.2) is 18.2 Å². The van der Waals surface area contributed by atoms with Gasteiger partial charge in [0.1, 0.15) is 5.75 Å². The van der Waals surface area contributed by atoms with Crippen molar-refractivity contribution in [3.8, 4) is 5.75 Å². The smallest absolute Gasteiger partial charge is 0.307 e. The van der Waals surface area contributed by atoms with Gasteiger partial charge in [-0.15, -0.1) is 0 Å². The van der Waals surface area contributed by atoms with Crippen LogP contribution in [0.2, 0.25) is 0 Å². The van der Waals surface area contributed by atoms with Crippen molar-refractivity contribution in [1.82, 2.24) is 4.90 Å². The third kappa shape index (κ3) is 3.54. The maximum atomic E-state index is 12.6. The van der Waals surface area contributed by atoms with E-state index in [0.29, 0.717) is 17.7 Å². The Morgan fingerprint density at radius 1 is 1.38 bits per heavy atom. The van der Waals surface area contributed by atoms with Crippen LogP contribution in [0.25, 0.3) is 0 Å². The minimum Gasteiger partial charge on any atom is -0.508 e. The minimum atomic E-state index is -0.290. The van der Waals surface area contributed by atoms with E-state index in [1.807, 2.05) is 0 Å². The van der Waals surface area contributed by atoms with Crippen LogP contribution < -0.4 is 0 Å². The molecule has 1 unspecified atom stereocenters. The Labute approximate surface area is 124 Å². The summed E-state index contributed by atoms with van der Waals surface area (Å²) in [5.74, 6) is -0.204. The molecular formula is C16H21NO4. The Balaban J connectivity index is 2.17. The van der Waals surface area contributed by atoms with E-state index in [-0.39, 0.29) is 30.1 Å². The van der Waals surface area contributed by atoms with Gasteiger partial charge >= 0.3 is 5.97 Å². The number of aromatic hydroxyl groups is 1. The van der Waals surface area contributed by atoms with Crippen LogP contribution in [0.4, 0.5) is 0 Å². The quantitative estimate of drug-likeness (QED) is 0.867. The van der Waals surface area contributed by atoms with Crippen LogP contribution in [0.1, 0.15) is 41.6 Å². The van der Waals surface area contributed by atoms with Gasteiger partial charge in [0, 0.05) is 18.2 Å². The third-order valence-corrected chi connectivity index (χ3v) is 3.96. The molecule has 0 aliphatic carbocycles. The minimum absolute atomic E-state index is 0.0910. The highest BCUT2D eigenvalue weighted by Gasteiger charge is 2.29. The van der Waals surface area contributed by atoms with E-state index >= 15 is 0 Å². The predicted octanol–water partition coefficient (Wildman–Crippen LogP) is 2.26. The number of amides is 1. The SMILES string of the molecule is COC(=O)CC1CCCCN1C(=O)c1ccc(O)c(C)c1. The van der Waals surface area contributed by atoms with Crippen molar-refractivity contribution in [1.29, 1.82) is 0 Å². The second-order valence-corrected chi connectivity index (χ2v) is 5.43. The van der Waals surface area contributed by atoms with Gasteiger partial charge in [0.25, 0.3) is 5.91 Å². The average Bonchev–Trinajstić information content (AvgIpc) is 2.49. The molecule has 0 spiro atoms. The highest BCUT2D eigenvalue weighted by Crippen LogP contribution is 2.24. The molecule has 1 aromatic carbocycles. The van der Waals surface area contributed by atoms with Crippen LogP contribution in [-0.2, 0) is 9.53 Å². The number of phenols is 1. The van der Waals surface area contributed by atoms with Gasteiger partial charge in [-0.25, -0.2) is 0 Å². The van der Waals surface area contributed by atoms with Crippen molar-refractivity contribution in [2.75, 3.05) is 13.7 Å². The first-order valence-corrected chi connectivity index (χ1v) is 7.20. The lowest BCUT2D eigenvalue weighted by Crippen LogP contribution is -2.44. The molecule has 0 aromatic heterocycles. The summed E-state index contributed by atoms with van der Waals surface area (Å²) in [7, 11) is 1.36. The highest BCUT2D eigenvalue weighted by molar-refractivity contribution is 5.95. The van der Waals surface area contributed by atoms with Gasteiger partial charge in [0.15, 0.2) is 0 Å². The Hall–Kier alpha value is -2.04. The van der Waals surface area contributed by atoms with E-state index < -0.39 is 0 Å². The summed E-state index contributed by atoms with van der Waals surface area (Å²) >= 11 is 0. The molecule has 1 amide bonds. The van der Waals surface area contributed by atoms with Crippen molar-refractivity contribution in [2.24, 2.45) is 0 Å². The normalized spacial score (nSPS) is 18.4. The zero-order chi connectivity index (χ0) is 15.4. The summed E-state index contributed by atoms with van der Waals surface area (Å²) in [5.41, 5.74) is 1.21. The van der Waals surface area contributed by atoms with Crippen molar-refractivity contribution in [3.05, 3.63) is 29.3 Å².